The van der Waals surface area contributed by atoms with Crippen molar-refractivity contribution in [2.45, 2.75) is 6.92 Å². The third-order valence-corrected chi connectivity index (χ3v) is 4.47. The van der Waals surface area contributed by atoms with E-state index >= 15 is 0 Å². The molecule has 3 aromatic carbocycles. The molecular formula is C26H30N2O5. The zero-order chi connectivity index (χ0) is 23.1. The Morgan fingerprint density at radius 2 is 1.27 bits per heavy atom. The molecule has 0 spiro atoms. The van der Waals surface area contributed by atoms with Crippen molar-refractivity contribution in [3.63, 3.8) is 0 Å². The molecule has 0 fully saturated rings. The van der Waals surface area contributed by atoms with Crippen LogP contribution in [-0.4, -0.2) is 45.5 Å². The van der Waals surface area contributed by atoms with Gasteiger partial charge in [-0.3, -0.25) is 4.79 Å². The van der Waals surface area contributed by atoms with Crippen molar-refractivity contribution in [1.29, 1.82) is 0 Å². The molecule has 7 heteroatoms. The first-order valence-electron chi connectivity index (χ1n) is 11.0. The first-order valence-corrected chi connectivity index (χ1v) is 11.0. The van der Waals surface area contributed by atoms with Gasteiger partial charge in [0.15, 0.2) is 0 Å². The van der Waals surface area contributed by atoms with E-state index in [-0.39, 0.29) is 12.5 Å². The van der Waals surface area contributed by atoms with Crippen LogP contribution in [0.1, 0.15) is 6.92 Å². The fourth-order valence-corrected chi connectivity index (χ4v) is 2.95. The number of anilines is 2. The van der Waals surface area contributed by atoms with Gasteiger partial charge in [-0.2, -0.15) is 0 Å². The summed E-state index contributed by atoms with van der Waals surface area (Å²) in [6.45, 7) is 4.58. The second kappa shape index (κ2) is 13.6. The van der Waals surface area contributed by atoms with Crippen LogP contribution in [0, 0.1) is 0 Å². The number of rotatable bonds is 14. The second-order valence-electron chi connectivity index (χ2n) is 7.01. The van der Waals surface area contributed by atoms with E-state index in [1.807, 2.05) is 79.7 Å². The Morgan fingerprint density at radius 1 is 0.697 bits per heavy atom. The van der Waals surface area contributed by atoms with Crippen LogP contribution in [0.2, 0.25) is 0 Å². The largest absolute Gasteiger partial charge is 0.491 e. The lowest BCUT2D eigenvalue weighted by molar-refractivity contribution is -0.114. The summed E-state index contributed by atoms with van der Waals surface area (Å²) in [5, 5.41) is 5.98. The molecule has 7 nitrogen and oxygen atoms in total. The van der Waals surface area contributed by atoms with Crippen LogP contribution < -0.4 is 24.8 Å². The fourth-order valence-electron chi connectivity index (χ4n) is 2.95. The van der Waals surface area contributed by atoms with Gasteiger partial charge in [-0.15, -0.1) is 0 Å². The van der Waals surface area contributed by atoms with E-state index in [2.05, 4.69) is 10.6 Å². The third-order valence-electron chi connectivity index (χ3n) is 4.47. The lowest BCUT2D eigenvalue weighted by Crippen LogP contribution is -2.21. The lowest BCUT2D eigenvalue weighted by atomic mass is 10.3. The van der Waals surface area contributed by atoms with Crippen LogP contribution in [-0.2, 0) is 9.53 Å². The second-order valence-corrected chi connectivity index (χ2v) is 7.01. The number of para-hydroxylation sites is 1. The Kier molecular flexibility index (Phi) is 9.90. The first kappa shape index (κ1) is 23.9. The maximum absolute atomic E-state index is 12.4. The smallest absolute Gasteiger partial charge is 0.243 e. The summed E-state index contributed by atoms with van der Waals surface area (Å²) in [5.41, 5.74) is 1.46. The molecule has 2 N–H and O–H groups in total. The minimum atomic E-state index is -0.165. The molecule has 0 aliphatic carbocycles. The van der Waals surface area contributed by atoms with Gasteiger partial charge in [0.2, 0.25) is 5.91 Å². The van der Waals surface area contributed by atoms with Gasteiger partial charge in [-0.1, -0.05) is 30.3 Å². The van der Waals surface area contributed by atoms with Crippen LogP contribution in [0.15, 0.2) is 78.9 Å². The summed E-state index contributed by atoms with van der Waals surface area (Å²) in [4.78, 5) is 12.4. The number of hydrogen-bond donors (Lipinski definition) is 2. The van der Waals surface area contributed by atoms with Crippen molar-refractivity contribution in [3.05, 3.63) is 78.9 Å². The highest BCUT2D eigenvalue weighted by Crippen LogP contribution is 2.19. The summed E-state index contributed by atoms with van der Waals surface area (Å²) in [5.74, 6) is 2.02. The molecule has 0 radical (unpaired) electrons. The number of nitrogens with one attached hydrogen (secondary N) is 2. The van der Waals surface area contributed by atoms with Gasteiger partial charge < -0.3 is 29.6 Å². The molecule has 0 saturated carbocycles. The summed E-state index contributed by atoms with van der Waals surface area (Å²) in [6.07, 6.45) is 0. The van der Waals surface area contributed by atoms with Gasteiger partial charge in [-0.25, -0.2) is 0 Å². The van der Waals surface area contributed by atoms with Crippen molar-refractivity contribution in [2.24, 2.45) is 0 Å². The van der Waals surface area contributed by atoms with Gasteiger partial charge >= 0.3 is 0 Å². The Hall–Kier alpha value is -3.71. The zero-order valence-electron chi connectivity index (χ0n) is 18.8. The Balaban J connectivity index is 1.39. The third kappa shape index (κ3) is 9.13. The van der Waals surface area contributed by atoms with Crippen molar-refractivity contribution in [1.82, 2.24) is 0 Å². The van der Waals surface area contributed by atoms with Crippen molar-refractivity contribution >= 4 is 17.3 Å². The number of carbonyl (C=O) groups excluding carboxylic acids is 1. The fraction of sp³-hybridized carbons (Fsp3) is 0.269. The highest BCUT2D eigenvalue weighted by molar-refractivity contribution is 5.93. The monoisotopic (exact) mass is 450 g/mol. The normalized spacial score (nSPS) is 10.3. The van der Waals surface area contributed by atoms with E-state index in [9.17, 15) is 4.79 Å². The van der Waals surface area contributed by atoms with E-state index in [1.54, 1.807) is 6.07 Å². The number of amides is 1. The molecule has 0 aromatic heterocycles. The van der Waals surface area contributed by atoms with E-state index in [0.717, 1.165) is 17.2 Å². The molecule has 0 atom stereocenters. The quantitative estimate of drug-likeness (QED) is 0.349. The molecule has 3 rings (SSSR count). The van der Waals surface area contributed by atoms with E-state index in [0.29, 0.717) is 44.5 Å². The maximum Gasteiger partial charge on any atom is 0.243 e. The molecule has 3 aromatic rings. The summed E-state index contributed by atoms with van der Waals surface area (Å²) < 4.78 is 22.3. The molecular weight excluding hydrogens is 420 g/mol. The van der Waals surface area contributed by atoms with E-state index in [4.69, 9.17) is 18.9 Å². The van der Waals surface area contributed by atoms with Crippen molar-refractivity contribution in [2.75, 3.05) is 50.2 Å². The van der Waals surface area contributed by atoms with E-state index < -0.39 is 0 Å². The highest BCUT2D eigenvalue weighted by atomic mass is 16.5. The van der Waals surface area contributed by atoms with Gasteiger partial charge in [-0.05, 0) is 43.3 Å². The molecule has 0 unspecified atom stereocenters. The van der Waals surface area contributed by atoms with E-state index in [1.165, 1.54) is 0 Å². The molecule has 0 aliphatic heterocycles. The van der Waals surface area contributed by atoms with Crippen LogP contribution in [0.4, 0.5) is 11.4 Å². The molecule has 0 saturated heterocycles. The van der Waals surface area contributed by atoms with Crippen molar-refractivity contribution in [3.8, 4) is 17.2 Å². The first-order chi connectivity index (χ1) is 16.2. The highest BCUT2D eigenvalue weighted by Gasteiger charge is 2.05. The van der Waals surface area contributed by atoms with Crippen LogP contribution >= 0.6 is 0 Å². The summed E-state index contributed by atoms with van der Waals surface area (Å²) in [6, 6.07) is 24.3. The molecule has 0 heterocycles. The van der Waals surface area contributed by atoms with Crippen LogP contribution in [0.3, 0.4) is 0 Å². The predicted molar refractivity (Wildman–Crippen MR) is 129 cm³/mol. The Morgan fingerprint density at radius 3 is 1.97 bits per heavy atom. The standard InChI is InChI=1S/C26H30N2O5/c1-2-30-14-15-32-24-12-6-8-21(18-24)27-20-26(29)28-22-9-7-13-25(19-22)33-17-16-31-23-10-4-3-5-11-23/h3-13,18-19,27H,2,14-17,20H2,1H3,(H,28,29). The average Bonchev–Trinajstić information content (AvgIpc) is 2.84. The minimum absolute atomic E-state index is 0.123. The molecule has 1 amide bonds. The number of hydrogen-bond acceptors (Lipinski definition) is 6. The average molecular weight is 451 g/mol. The van der Waals surface area contributed by atoms with Crippen LogP contribution in [0.25, 0.3) is 0 Å². The van der Waals surface area contributed by atoms with Gasteiger partial charge in [0.25, 0.3) is 0 Å². The zero-order valence-corrected chi connectivity index (χ0v) is 18.8. The number of ether oxygens (including phenoxy) is 4. The van der Waals surface area contributed by atoms with Gasteiger partial charge in [0, 0.05) is 30.1 Å². The number of benzene rings is 3. The molecule has 174 valence electrons. The SMILES string of the molecule is CCOCCOc1cccc(NCC(=O)Nc2cccc(OCCOc3ccccc3)c2)c1. The Bertz CT molecular complexity index is 981. The molecule has 33 heavy (non-hydrogen) atoms. The molecule has 0 bridgehead atoms. The topological polar surface area (TPSA) is 78.1 Å². The summed E-state index contributed by atoms with van der Waals surface area (Å²) in [7, 11) is 0. The predicted octanol–water partition coefficient (Wildman–Crippen LogP) is 4.61. The molecule has 0 aliphatic rings. The minimum Gasteiger partial charge on any atom is -0.491 e. The van der Waals surface area contributed by atoms with Crippen LogP contribution in [0.5, 0.6) is 17.2 Å². The van der Waals surface area contributed by atoms with Crippen molar-refractivity contribution < 1.29 is 23.7 Å². The van der Waals surface area contributed by atoms with Gasteiger partial charge in [0.05, 0.1) is 13.2 Å². The summed E-state index contributed by atoms with van der Waals surface area (Å²) >= 11 is 0. The lowest BCUT2D eigenvalue weighted by Gasteiger charge is -2.12. The maximum atomic E-state index is 12.4. The number of carbonyl (C=O) groups is 1. The Labute approximate surface area is 194 Å². The van der Waals surface area contributed by atoms with Gasteiger partial charge in [0.1, 0.15) is 37.1 Å².